The lowest BCUT2D eigenvalue weighted by Gasteiger charge is -2.23. The van der Waals surface area contributed by atoms with Gasteiger partial charge in [-0.25, -0.2) is 9.78 Å². The number of anilines is 1. The number of ether oxygens (including phenoxy) is 2. The molecule has 4 aromatic rings. The largest absolute Gasteiger partial charge is 0.494 e. The van der Waals surface area contributed by atoms with Crippen molar-refractivity contribution >= 4 is 51.8 Å². The first-order valence-corrected chi connectivity index (χ1v) is 10.9. The highest BCUT2D eigenvalue weighted by atomic mass is 35.5. The average Bonchev–Trinajstić information content (AvgIpc) is 2.85. The van der Waals surface area contributed by atoms with Gasteiger partial charge in [0.2, 0.25) is 0 Å². The Morgan fingerprint density at radius 1 is 0.912 bits per heavy atom. The number of methoxy groups -OCH3 is 2. The zero-order valence-corrected chi connectivity index (χ0v) is 19.7. The first-order valence-electron chi connectivity index (χ1n) is 10.1. The number of fused-ring (bicyclic) bond motifs is 1. The standard InChI is InChI=1S/C25H19Cl2N3O4/c1-33-23-21(19-10-6-7-11-20(19)28-22(23)15-8-4-3-5-9-15)24(31)29-30(25(32)34-2)18-13-16(26)12-17(27)14-18/h3-14H,1-2H3,(H,29,31). The van der Waals surface area contributed by atoms with Crippen molar-refractivity contribution in [2.24, 2.45) is 0 Å². The maximum absolute atomic E-state index is 13.7. The highest BCUT2D eigenvalue weighted by molar-refractivity contribution is 6.35. The summed E-state index contributed by atoms with van der Waals surface area (Å²) in [6.07, 6.45) is -0.840. The molecular formula is C25H19Cl2N3O4. The predicted octanol–water partition coefficient (Wildman–Crippen LogP) is 6.14. The normalized spacial score (nSPS) is 10.6. The van der Waals surface area contributed by atoms with Gasteiger partial charge in [0.1, 0.15) is 5.69 Å². The first-order chi connectivity index (χ1) is 16.4. The molecule has 1 N–H and O–H groups in total. The summed E-state index contributed by atoms with van der Waals surface area (Å²) in [6.45, 7) is 0. The molecule has 172 valence electrons. The van der Waals surface area contributed by atoms with E-state index in [0.717, 1.165) is 10.6 Å². The molecule has 3 aromatic carbocycles. The third-order valence-corrected chi connectivity index (χ3v) is 5.44. The summed E-state index contributed by atoms with van der Waals surface area (Å²) in [5, 5.41) is 2.04. The van der Waals surface area contributed by atoms with Crippen LogP contribution in [0.2, 0.25) is 10.0 Å². The van der Waals surface area contributed by atoms with Crippen molar-refractivity contribution in [3.8, 4) is 17.0 Å². The summed E-state index contributed by atoms with van der Waals surface area (Å²) in [5.74, 6) is -0.356. The second kappa shape index (κ2) is 9.99. The molecule has 0 unspecified atom stereocenters. The SMILES string of the molecule is COC(=O)N(NC(=O)c1c(OC)c(-c2ccccc2)nc2ccccc12)c1cc(Cl)cc(Cl)c1. The Bertz CT molecular complexity index is 1360. The van der Waals surface area contributed by atoms with Gasteiger partial charge in [-0.15, -0.1) is 0 Å². The fraction of sp³-hybridized carbons (Fsp3) is 0.0800. The van der Waals surface area contributed by atoms with E-state index in [0.29, 0.717) is 16.6 Å². The summed E-state index contributed by atoms with van der Waals surface area (Å²) >= 11 is 12.2. The van der Waals surface area contributed by atoms with E-state index < -0.39 is 12.0 Å². The van der Waals surface area contributed by atoms with E-state index in [2.05, 4.69) is 5.43 Å². The monoisotopic (exact) mass is 495 g/mol. The first kappa shape index (κ1) is 23.4. The second-order valence-electron chi connectivity index (χ2n) is 7.13. The highest BCUT2D eigenvalue weighted by Crippen LogP contribution is 2.36. The van der Waals surface area contributed by atoms with E-state index >= 15 is 0 Å². The topological polar surface area (TPSA) is 80.8 Å². The molecule has 2 amide bonds. The maximum atomic E-state index is 13.7. The molecule has 9 heteroatoms. The quantitative estimate of drug-likeness (QED) is 0.344. The molecule has 0 saturated heterocycles. The van der Waals surface area contributed by atoms with Crippen LogP contribution < -0.4 is 15.2 Å². The maximum Gasteiger partial charge on any atom is 0.433 e. The van der Waals surface area contributed by atoms with E-state index in [9.17, 15) is 9.59 Å². The van der Waals surface area contributed by atoms with Gasteiger partial charge in [0.05, 0.1) is 31.0 Å². The van der Waals surface area contributed by atoms with Crippen molar-refractivity contribution in [3.63, 3.8) is 0 Å². The number of hydrazine groups is 1. The van der Waals surface area contributed by atoms with Crippen LogP contribution in [0.4, 0.5) is 10.5 Å². The Kier molecular flexibility index (Phi) is 6.86. The van der Waals surface area contributed by atoms with Crippen molar-refractivity contribution in [1.82, 2.24) is 10.4 Å². The van der Waals surface area contributed by atoms with Gasteiger partial charge < -0.3 is 9.47 Å². The van der Waals surface area contributed by atoms with Gasteiger partial charge in [0.15, 0.2) is 5.75 Å². The molecule has 7 nitrogen and oxygen atoms in total. The second-order valence-corrected chi connectivity index (χ2v) is 8.00. The fourth-order valence-corrected chi connectivity index (χ4v) is 4.06. The lowest BCUT2D eigenvalue weighted by molar-refractivity contribution is 0.0939. The van der Waals surface area contributed by atoms with Crippen LogP contribution in [0.1, 0.15) is 10.4 Å². The Morgan fingerprint density at radius 2 is 1.56 bits per heavy atom. The van der Waals surface area contributed by atoms with Gasteiger partial charge in [-0.3, -0.25) is 10.2 Å². The fourth-order valence-electron chi connectivity index (χ4n) is 3.54. The van der Waals surface area contributed by atoms with Crippen molar-refractivity contribution in [2.45, 2.75) is 0 Å². The Labute approximate surface area is 205 Å². The Balaban J connectivity index is 1.87. The van der Waals surface area contributed by atoms with Crippen LogP contribution in [0.5, 0.6) is 5.75 Å². The number of carbonyl (C=O) groups is 2. The molecule has 0 fully saturated rings. The number of amides is 2. The lowest BCUT2D eigenvalue weighted by Crippen LogP contribution is -2.46. The van der Waals surface area contributed by atoms with E-state index in [-0.39, 0.29) is 27.0 Å². The predicted molar refractivity (Wildman–Crippen MR) is 133 cm³/mol. The van der Waals surface area contributed by atoms with Crippen LogP contribution in [-0.2, 0) is 4.74 Å². The molecular weight excluding hydrogens is 477 g/mol. The van der Waals surface area contributed by atoms with Gasteiger partial charge in [-0.05, 0) is 24.3 Å². The van der Waals surface area contributed by atoms with Crippen molar-refractivity contribution in [2.75, 3.05) is 19.2 Å². The minimum absolute atomic E-state index is 0.203. The highest BCUT2D eigenvalue weighted by Gasteiger charge is 2.27. The van der Waals surface area contributed by atoms with Gasteiger partial charge in [-0.1, -0.05) is 71.7 Å². The number of benzene rings is 3. The number of carbonyl (C=O) groups excluding carboxylic acids is 2. The molecule has 0 bridgehead atoms. The molecule has 0 atom stereocenters. The molecule has 0 spiro atoms. The van der Waals surface area contributed by atoms with Crippen molar-refractivity contribution in [3.05, 3.63) is 88.4 Å². The molecule has 1 aromatic heterocycles. The molecule has 34 heavy (non-hydrogen) atoms. The van der Waals surface area contributed by atoms with E-state index in [4.69, 9.17) is 37.7 Å². The summed E-state index contributed by atoms with van der Waals surface area (Å²) in [6, 6.07) is 21.0. The van der Waals surface area contributed by atoms with E-state index in [1.807, 2.05) is 36.4 Å². The average molecular weight is 496 g/mol. The number of hydrogen-bond donors (Lipinski definition) is 1. The van der Waals surface area contributed by atoms with Crippen LogP contribution in [-0.4, -0.2) is 31.2 Å². The number of nitrogens with zero attached hydrogens (tertiary/aromatic N) is 2. The zero-order valence-electron chi connectivity index (χ0n) is 18.2. The van der Waals surface area contributed by atoms with Gasteiger partial charge in [0, 0.05) is 21.0 Å². The Morgan fingerprint density at radius 3 is 2.21 bits per heavy atom. The summed E-state index contributed by atoms with van der Waals surface area (Å²) in [4.78, 5) is 31.0. The van der Waals surface area contributed by atoms with E-state index in [1.54, 1.807) is 18.2 Å². The number of rotatable bonds is 4. The summed E-state index contributed by atoms with van der Waals surface area (Å²) < 4.78 is 10.5. The number of aromatic nitrogens is 1. The Hall–Kier alpha value is -3.81. The molecule has 0 aliphatic carbocycles. The smallest absolute Gasteiger partial charge is 0.433 e. The molecule has 0 radical (unpaired) electrons. The molecule has 0 saturated carbocycles. The number of pyridine rings is 1. The van der Waals surface area contributed by atoms with E-state index in [1.165, 1.54) is 32.4 Å². The summed E-state index contributed by atoms with van der Waals surface area (Å²) in [7, 11) is 2.66. The minimum atomic E-state index is -0.840. The number of nitrogens with one attached hydrogen (secondary N) is 1. The van der Waals surface area contributed by atoms with Crippen LogP contribution in [0, 0.1) is 0 Å². The van der Waals surface area contributed by atoms with Crippen molar-refractivity contribution < 1.29 is 19.1 Å². The summed E-state index contributed by atoms with van der Waals surface area (Å²) in [5.41, 5.74) is 4.86. The van der Waals surface area contributed by atoms with Crippen LogP contribution in [0.3, 0.4) is 0 Å². The van der Waals surface area contributed by atoms with Gasteiger partial charge in [-0.2, -0.15) is 5.01 Å². The molecule has 1 heterocycles. The van der Waals surface area contributed by atoms with Crippen molar-refractivity contribution in [1.29, 1.82) is 0 Å². The zero-order chi connectivity index (χ0) is 24.2. The lowest BCUT2D eigenvalue weighted by atomic mass is 10.0. The molecule has 4 rings (SSSR count). The van der Waals surface area contributed by atoms with Crippen LogP contribution in [0.15, 0.2) is 72.8 Å². The third kappa shape index (κ3) is 4.62. The van der Waals surface area contributed by atoms with Gasteiger partial charge >= 0.3 is 6.09 Å². The van der Waals surface area contributed by atoms with Gasteiger partial charge in [0.25, 0.3) is 5.91 Å². The molecule has 0 aliphatic rings. The van der Waals surface area contributed by atoms with Crippen LogP contribution in [0.25, 0.3) is 22.2 Å². The number of halogens is 2. The molecule has 0 aliphatic heterocycles. The number of para-hydroxylation sites is 1. The minimum Gasteiger partial charge on any atom is -0.494 e. The third-order valence-electron chi connectivity index (χ3n) is 5.00. The number of hydrogen-bond acceptors (Lipinski definition) is 5. The van der Waals surface area contributed by atoms with Crippen LogP contribution >= 0.6 is 23.2 Å².